The number of thiazole rings is 1. The number of carboxylic acids is 1. The zero-order valence-electron chi connectivity index (χ0n) is 39.4. The molecule has 17 heteroatoms. The molecule has 4 aliphatic rings. The van der Waals surface area contributed by atoms with Crippen molar-refractivity contribution < 1.29 is 38.6 Å². The molecule has 0 radical (unpaired) electrons. The van der Waals surface area contributed by atoms with Crippen LogP contribution in [0, 0.1) is 11.3 Å². The van der Waals surface area contributed by atoms with Gasteiger partial charge in [0.25, 0.3) is 5.91 Å². The van der Waals surface area contributed by atoms with Crippen LogP contribution in [-0.4, -0.2) is 117 Å². The summed E-state index contributed by atoms with van der Waals surface area (Å²) in [6.07, 6.45) is 5.48. The predicted octanol–water partition coefficient (Wildman–Crippen LogP) is 7.02. The normalized spacial score (nSPS) is 24.1. The van der Waals surface area contributed by atoms with Crippen molar-refractivity contribution >= 4 is 57.1 Å². The number of pyridine rings is 1. The molecule has 5 heterocycles. The number of carboxylic acid groups (broad SMARTS) is 1. The van der Waals surface area contributed by atoms with Crippen molar-refractivity contribution in [2.45, 2.75) is 135 Å². The molecule has 1 aliphatic carbocycles. The van der Waals surface area contributed by atoms with Gasteiger partial charge in [-0.05, 0) is 74.6 Å². The third kappa shape index (κ3) is 10.6. The van der Waals surface area contributed by atoms with Gasteiger partial charge in [-0.15, -0.1) is 11.3 Å². The maximum absolute atomic E-state index is 15.1. The Bertz CT molecular complexity index is 2510. The van der Waals surface area contributed by atoms with Crippen LogP contribution in [0.1, 0.15) is 108 Å². The zero-order chi connectivity index (χ0) is 47.6. The Morgan fingerprint density at radius 3 is 2.51 bits per heavy atom. The van der Waals surface area contributed by atoms with E-state index in [1.54, 1.807) is 12.0 Å². The Balaban J connectivity index is 1.07. The molecule has 6 atom stereocenters. The molecule has 4 aromatic rings. The number of aromatic nitrogens is 2. The summed E-state index contributed by atoms with van der Waals surface area (Å²) in [6.45, 7) is 10.9. The highest BCUT2D eigenvalue weighted by atomic mass is 32.1. The van der Waals surface area contributed by atoms with Gasteiger partial charge in [-0.1, -0.05) is 71.1 Å². The van der Waals surface area contributed by atoms with E-state index in [2.05, 4.69) is 21.3 Å². The van der Waals surface area contributed by atoms with Gasteiger partial charge in [-0.25, -0.2) is 19.6 Å². The van der Waals surface area contributed by atoms with Crippen LogP contribution in [0.5, 0.6) is 11.5 Å². The lowest BCUT2D eigenvalue weighted by Crippen LogP contribution is -2.59. The Morgan fingerprint density at radius 2 is 1.76 bits per heavy atom. The monoisotopic (exact) mass is 936 g/mol. The molecule has 3 aliphatic heterocycles. The SMILES string of the molecule is COc1ccc2c(O[C@@H]3C[C@H]4C(=O)N[C@]5(C(=O)O)CC5CCCCCCC[C@H](NC(=O)N[C@H](CN5CCc6ccccc6C5=O)C(C)(C)C)C(=O)N4C3)cc(-c3csc(NC(C)C)n3)nc2c1. The minimum Gasteiger partial charge on any atom is -0.497 e. The highest BCUT2D eigenvalue weighted by molar-refractivity contribution is 7.14. The topological polar surface area (TPSA) is 204 Å². The fourth-order valence-corrected chi connectivity index (χ4v) is 10.6. The molecule has 5 amide bonds. The molecule has 5 N–H and O–H groups in total. The number of aliphatic carboxylic acids is 1. The van der Waals surface area contributed by atoms with Gasteiger partial charge < -0.3 is 45.6 Å². The third-order valence-corrected chi connectivity index (χ3v) is 14.5. The van der Waals surface area contributed by atoms with Gasteiger partial charge in [0.2, 0.25) is 11.8 Å². The van der Waals surface area contributed by atoms with E-state index < -0.39 is 59.0 Å². The first-order valence-corrected chi connectivity index (χ1v) is 24.6. The smallest absolute Gasteiger partial charge is 0.329 e. The second-order valence-electron chi connectivity index (χ2n) is 20.0. The lowest BCUT2D eigenvalue weighted by molar-refractivity contribution is -0.145. The second-order valence-corrected chi connectivity index (χ2v) is 20.8. The molecule has 1 unspecified atom stereocenters. The Labute approximate surface area is 396 Å². The number of methoxy groups -OCH3 is 1. The van der Waals surface area contributed by atoms with Gasteiger partial charge in [0.15, 0.2) is 5.13 Å². The third-order valence-electron chi connectivity index (χ3n) is 13.7. The number of ether oxygens (including phenoxy) is 2. The summed E-state index contributed by atoms with van der Waals surface area (Å²) in [6, 6.07) is 11.9. The van der Waals surface area contributed by atoms with Crippen molar-refractivity contribution in [1.82, 2.24) is 35.7 Å². The standard InChI is InChI=1S/C50H64N8O8S/c1-29(2)51-48-54-39(28-67-48)38-24-41(35-19-18-32(65-6)22-37(35)52-38)66-33-23-40-43(59)56-50(46(62)63)25-31(50)15-10-8-7-9-11-17-36(45(61)58(40)26-33)53-47(64)55-42(49(3,4)5)27-57-21-20-30-14-12-13-16-34(30)44(57)60/h12-14,16,18-19,22,24,28-29,31,33,36,40,42H,7-11,15,17,20-21,23,25-27H2,1-6H3,(H,51,54)(H,56,59)(H,62,63)(H2,53,55,64)/t31?,33-,36+,40+,42-,50-/m1/s1. The van der Waals surface area contributed by atoms with E-state index in [1.807, 2.05) is 88.5 Å². The van der Waals surface area contributed by atoms with Crippen LogP contribution < -0.4 is 30.7 Å². The van der Waals surface area contributed by atoms with Crippen molar-refractivity contribution in [3.63, 3.8) is 0 Å². The Hall–Kier alpha value is -5.97. The summed E-state index contributed by atoms with van der Waals surface area (Å²) in [4.78, 5) is 83.1. The zero-order valence-corrected chi connectivity index (χ0v) is 40.2. The van der Waals surface area contributed by atoms with E-state index in [0.29, 0.717) is 78.0 Å². The van der Waals surface area contributed by atoms with E-state index >= 15 is 4.79 Å². The molecule has 0 spiro atoms. The van der Waals surface area contributed by atoms with Crippen LogP contribution in [-0.2, 0) is 20.8 Å². The van der Waals surface area contributed by atoms with Gasteiger partial charge in [-0.2, -0.15) is 0 Å². The van der Waals surface area contributed by atoms with Crippen molar-refractivity contribution in [2.24, 2.45) is 11.3 Å². The molecule has 2 aromatic heterocycles. The average molecular weight is 937 g/mol. The number of amides is 5. The summed E-state index contributed by atoms with van der Waals surface area (Å²) < 4.78 is 12.3. The maximum Gasteiger partial charge on any atom is 0.329 e. The summed E-state index contributed by atoms with van der Waals surface area (Å²) in [5.41, 5.74) is 1.60. The molecule has 16 nitrogen and oxygen atoms in total. The molecule has 2 aromatic carbocycles. The molecule has 2 saturated heterocycles. The van der Waals surface area contributed by atoms with E-state index in [-0.39, 0.29) is 37.4 Å². The number of fused-ring (bicyclic) bond motifs is 4. The number of anilines is 1. The molecule has 1 saturated carbocycles. The number of nitrogens with zero attached hydrogens (tertiary/aromatic N) is 4. The first-order chi connectivity index (χ1) is 32.0. The van der Waals surface area contributed by atoms with Gasteiger partial charge in [0.05, 0.1) is 30.9 Å². The fraction of sp³-hybridized carbons (Fsp3) is 0.540. The van der Waals surface area contributed by atoms with Gasteiger partial charge in [0.1, 0.15) is 40.9 Å². The second kappa shape index (κ2) is 19.7. The van der Waals surface area contributed by atoms with Gasteiger partial charge in [-0.3, -0.25) is 14.4 Å². The van der Waals surface area contributed by atoms with Crippen LogP contribution in [0.25, 0.3) is 22.3 Å². The summed E-state index contributed by atoms with van der Waals surface area (Å²) in [5.74, 6) is -1.33. The number of nitrogens with one attached hydrogen (secondary N) is 4. The van der Waals surface area contributed by atoms with E-state index in [0.717, 1.165) is 36.4 Å². The molecule has 67 heavy (non-hydrogen) atoms. The number of carbonyl (C=O) groups excluding carboxylic acids is 4. The quantitative estimate of drug-likeness (QED) is 0.103. The number of hydrogen-bond donors (Lipinski definition) is 5. The number of rotatable bonds is 11. The Kier molecular flexibility index (Phi) is 14.0. The molecular weight excluding hydrogens is 873 g/mol. The van der Waals surface area contributed by atoms with E-state index in [1.165, 1.54) is 16.2 Å². The van der Waals surface area contributed by atoms with Crippen LogP contribution in [0.4, 0.5) is 9.93 Å². The van der Waals surface area contributed by atoms with Crippen LogP contribution >= 0.6 is 11.3 Å². The molecule has 358 valence electrons. The van der Waals surface area contributed by atoms with Crippen LogP contribution in [0.3, 0.4) is 0 Å². The average Bonchev–Trinajstić information content (AvgIpc) is 3.55. The van der Waals surface area contributed by atoms with Crippen molar-refractivity contribution in [1.29, 1.82) is 0 Å². The van der Waals surface area contributed by atoms with Crippen molar-refractivity contribution in [3.8, 4) is 22.9 Å². The summed E-state index contributed by atoms with van der Waals surface area (Å²) in [7, 11) is 1.58. The largest absolute Gasteiger partial charge is 0.497 e. The first kappa shape index (κ1) is 47.5. The van der Waals surface area contributed by atoms with Gasteiger partial charge >= 0.3 is 12.0 Å². The number of hydrogen-bond acceptors (Lipinski definition) is 11. The van der Waals surface area contributed by atoms with Crippen molar-refractivity contribution in [2.75, 3.05) is 32.1 Å². The Morgan fingerprint density at radius 1 is 1.00 bits per heavy atom. The van der Waals surface area contributed by atoms with Crippen LogP contribution in [0.2, 0.25) is 0 Å². The van der Waals surface area contributed by atoms with Gasteiger partial charge in [0, 0.05) is 54.0 Å². The molecule has 0 bridgehead atoms. The summed E-state index contributed by atoms with van der Waals surface area (Å²) >= 11 is 1.46. The highest BCUT2D eigenvalue weighted by Crippen LogP contribution is 2.48. The highest BCUT2D eigenvalue weighted by Gasteiger charge is 2.62. The molecular formula is C50H64N8O8S. The van der Waals surface area contributed by atoms with Crippen LogP contribution in [0.15, 0.2) is 53.9 Å². The predicted molar refractivity (Wildman–Crippen MR) is 256 cm³/mol. The van der Waals surface area contributed by atoms with Crippen molar-refractivity contribution in [3.05, 3.63) is 65.0 Å². The first-order valence-electron chi connectivity index (χ1n) is 23.7. The number of carbonyl (C=O) groups is 5. The van der Waals surface area contributed by atoms with E-state index in [9.17, 15) is 24.3 Å². The minimum absolute atomic E-state index is 0.00214. The fourth-order valence-electron chi connectivity index (χ4n) is 9.73. The summed E-state index contributed by atoms with van der Waals surface area (Å²) in [5, 5.41) is 26.1. The lowest BCUT2D eigenvalue weighted by Gasteiger charge is -2.38. The molecule has 8 rings (SSSR count). The lowest BCUT2D eigenvalue weighted by atomic mass is 9.85. The molecule has 3 fully saturated rings. The van der Waals surface area contributed by atoms with E-state index in [4.69, 9.17) is 19.4 Å². The number of urea groups is 1. The minimum atomic E-state index is -1.41. The number of benzene rings is 2. The maximum atomic E-state index is 15.1.